The molecule has 0 spiro atoms. The number of ether oxygens (including phenoxy) is 3. The summed E-state index contributed by atoms with van der Waals surface area (Å²) in [5.41, 5.74) is -1.61. The van der Waals surface area contributed by atoms with Gasteiger partial charge in [-0.1, -0.05) is 13.3 Å². The van der Waals surface area contributed by atoms with Gasteiger partial charge in [0.1, 0.15) is 5.60 Å². The quantitative estimate of drug-likeness (QED) is 0.345. The van der Waals surface area contributed by atoms with Gasteiger partial charge in [-0.05, 0) is 103 Å². The van der Waals surface area contributed by atoms with Crippen LogP contribution in [0.1, 0.15) is 98.8 Å². The minimum Gasteiger partial charge on any atom is -0.463 e. The van der Waals surface area contributed by atoms with Crippen LogP contribution in [-0.2, 0) is 28.6 Å². The lowest BCUT2D eigenvalue weighted by Crippen LogP contribution is -2.58. The van der Waals surface area contributed by atoms with E-state index in [2.05, 4.69) is 6.92 Å². The third-order valence-electron chi connectivity index (χ3n) is 9.56. The fraction of sp³-hybridized carbons (Fsp3) is 0.889. The smallest absolute Gasteiger partial charge is 0.347 e. The largest absolute Gasteiger partial charge is 0.463 e. The molecule has 6 nitrogen and oxygen atoms in total. The van der Waals surface area contributed by atoms with Crippen molar-refractivity contribution in [1.82, 2.24) is 0 Å². The molecular weight excluding hydrogens is 420 g/mol. The molecule has 5 aliphatic rings. The van der Waals surface area contributed by atoms with Crippen molar-refractivity contribution in [3.05, 3.63) is 0 Å². The first-order chi connectivity index (χ1) is 15.5. The van der Waals surface area contributed by atoms with Crippen molar-refractivity contribution in [2.75, 3.05) is 6.61 Å². The molecule has 0 N–H and O–H groups in total. The van der Waals surface area contributed by atoms with Gasteiger partial charge >= 0.3 is 17.9 Å². The lowest BCUT2D eigenvalue weighted by molar-refractivity contribution is -0.212. The number of carbonyl (C=O) groups is 3. The van der Waals surface area contributed by atoms with Crippen LogP contribution < -0.4 is 0 Å². The van der Waals surface area contributed by atoms with Gasteiger partial charge in [-0.15, -0.1) is 0 Å². The van der Waals surface area contributed by atoms with Crippen LogP contribution in [0.4, 0.5) is 0 Å². The van der Waals surface area contributed by atoms with Crippen LogP contribution in [0.2, 0.25) is 0 Å². The highest BCUT2D eigenvalue weighted by atomic mass is 16.6. The summed E-state index contributed by atoms with van der Waals surface area (Å²) in [6.45, 7) is 10.2. The van der Waals surface area contributed by atoms with Crippen LogP contribution in [0.3, 0.4) is 0 Å². The van der Waals surface area contributed by atoms with Gasteiger partial charge in [-0.2, -0.15) is 0 Å². The highest BCUT2D eigenvalue weighted by Crippen LogP contribution is 2.59. The van der Waals surface area contributed by atoms with Crippen LogP contribution in [0.25, 0.3) is 0 Å². The summed E-state index contributed by atoms with van der Waals surface area (Å²) in [6.07, 6.45) is 8.54. The maximum Gasteiger partial charge on any atom is 0.347 e. The van der Waals surface area contributed by atoms with Crippen molar-refractivity contribution in [1.29, 1.82) is 0 Å². The number of hydrogen-bond acceptors (Lipinski definition) is 6. The Morgan fingerprint density at radius 2 is 1.61 bits per heavy atom. The van der Waals surface area contributed by atoms with Crippen LogP contribution in [0, 0.1) is 34.5 Å². The van der Waals surface area contributed by atoms with E-state index in [1.165, 1.54) is 32.1 Å². The van der Waals surface area contributed by atoms with E-state index in [4.69, 9.17) is 14.2 Å². The van der Waals surface area contributed by atoms with E-state index in [0.717, 1.165) is 11.8 Å². The number of cyclic esters (lactones) is 1. The molecule has 5 rings (SSSR count). The topological polar surface area (TPSA) is 78.9 Å². The predicted molar refractivity (Wildman–Crippen MR) is 123 cm³/mol. The van der Waals surface area contributed by atoms with Gasteiger partial charge in [0, 0.05) is 6.42 Å². The SMILES string of the molecule is CCC(C)(CCCC(C)(C)C(=O)OC1CCOC1=O)C(=O)OC1(C)C2CC3CC(C2)CC1C3. The summed E-state index contributed by atoms with van der Waals surface area (Å²) >= 11 is 0. The van der Waals surface area contributed by atoms with E-state index in [9.17, 15) is 14.4 Å². The third kappa shape index (κ3) is 4.68. The summed E-state index contributed by atoms with van der Waals surface area (Å²) in [7, 11) is 0. The fourth-order valence-corrected chi connectivity index (χ4v) is 6.93. The van der Waals surface area contributed by atoms with E-state index >= 15 is 0 Å². The summed E-state index contributed by atoms with van der Waals surface area (Å²) < 4.78 is 16.7. The zero-order valence-corrected chi connectivity index (χ0v) is 21.1. The Kier molecular flexibility index (Phi) is 6.60. The van der Waals surface area contributed by atoms with E-state index < -0.39 is 22.9 Å². The molecule has 4 bridgehead atoms. The van der Waals surface area contributed by atoms with Crippen LogP contribution in [0.5, 0.6) is 0 Å². The zero-order chi connectivity index (χ0) is 24.0. The van der Waals surface area contributed by atoms with Crippen molar-refractivity contribution < 1.29 is 28.6 Å². The summed E-state index contributed by atoms with van der Waals surface area (Å²) in [5.74, 6) is 1.78. The van der Waals surface area contributed by atoms with Gasteiger partial charge in [0.2, 0.25) is 6.10 Å². The molecule has 0 aromatic heterocycles. The molecule has 2 unspecified atom stereocenters. The Balaban J connectivity index is 1.32. The van der Waals surface area contributed by atoms with Gasteiger partial charge in [-0.3, -0.25) is 9.59 Å². The maximum atomic E-state index is 13.5. The van der Waals surface area contributed by atoms with Gasteiger partial charge in [0.25, 0.3) is 0 Å². The second-order valence-corrected chi connectivity index (χ2v) is 12.4. The van der Waals surface area contributed by atoms with Crippen molar-refractivity contribution in [2.45, 2.75) is 111 Å². The Hall–Kier alpha value is -1.59. The average molecular weight is 463 g/mol. The molecule has 33 heavy (non-hydrogen) atoms. The number of esters is 3. The molecule has 4 saturated carbocycles. The molecule has 1 heterocycles. The van der Waals surface area contributed by atoms with Crippen LogP contribution in [-0.4, -0.2) is 36.2 Å². The first-order valence-electron chi connectivity index (χ1n) is 13.1. The molecule has 6 heteroatoms. The first kappa shape index (κ1) is 24.5. The summed E-state index contributed by atoms with van der Waals surface area (Å²) in [5, 5.41) is 0. The molecule has 2 atom stereocenters. The minimum absolute atomic E-state index is 0.0749. The van der Waals surface area contributed by atoms with Gasteiger partial charge in [0.15, 0.2) is 0 Å². The van der Waals surface area contributed by atoms with E-state index in [1.54, 1.807) is 0 Å². The molecule has 0 radical (unpaired) electrons. The number of rotatable bonds is 9. The Bertz CT molecular complexity index is 757. The minimum atomic E-state index is -0.783. The fourth-order valence-electron chi connectivity index (χ4n) is 6.93. The second-order valence-electron chi connectivity index (χ2n) is 12.4. The van der Waals surface area contributed by atoms with Crippen LogP contribution >= 0.6 is 0 Å². The maximum absolute atomic E-state index is 13.5. The summed E-state index contributed by atoms with van der Waals surface area (Å²) in [4.78, 5) is 37.8. The average Bonchev–Trinajstić information content (AvgIpc) is 3.15. The monoisotopic (exact) mass is 462 g/mol. The predicted octanol–water partition coefficient (Wildman–Crippen LogP) is 5.22. The number of hydrogen-bond donors (Lipinski definition) is 0. The standard InChI is InChI=1S/C27H42O6/c1-6-26(4,10-7-9-25(2,3)23(29)32-21-8-11-31-22(21)28)24(30)33-27(5)19-13-17-12-18(15-19)16-20(27)14-17/h17-21H,6-16H2,1-5H3. The normalized spacial score (nSPS) is 36.9. The Morgan fingerprint density at radius 1 is 1.00 bits per heavy atom. The van der Waals surface area contributed by atoms with Crippen LogP contribution in [0.15, 0.2) is 0 Å². The van der Waals surface area contributed by atoms with Gasteiger partial charge in [0.05, 0.1) is 17.4 Å². The molecule has 0 aromatic carbocycles. The van der Waals surface area contributed by atoms with Gasteiger partial charge < -0.3 is 14.2 Å². The molecule has 1 aliphatic heterocycles. The Morgan fingerprint density at radius 3 is 2.12 bits per heavy atom. The highest BCUT2D eigenvalue weighted by Gasteiger charge is 2.57. The number of carbonyl (C=O) groups excluding carboxylic acids is 3. The zero-order valence-electron chi connectivity index (χ0n) is 21.1. The second kappa shape index (κ2) is 8.88. The molecular formula is C27H42O6. The van der Waals surface area contributed by atoms with Crippen molar-refractivity contribution in [3.8, 4) is 0 Å². The van der Waals surface area contributed by atoms with E-state index in [-0.39, 0.29) is 17.5 Å². The molecule has 0 aromatic rings. The molecule has 5 fully saturated rings. The Labute approximate surface area is 198 Å². The van der Waals surface area contributed by atoms with Gasteiger partial charge in [-0.25, -0.2) is 4.79 Å². The summed E-state index contributed by atoms with van der Waals surface area (Å²) in [6, 6.07) is 0. The molecule has 0 amide bonds. The van der Waals surface area contributed by atoms with Crippen molar-refractivity contribution in [3.63, 3.8) is 0 Å². The highest BCUT2D eigenvalue weighted by molar-refractivity contribution is 5.82. The van der Waals surface area contributed by atoms with Crippen molar-refractivity contribution >= 4 is 17.9 Å². The van der Waals surface area contributed by atoms with E-state index in [1.807, 2.05) is 27.7 Å². The third-order valence-corrected chi connectivity index (χ3v) is 9.56. The molecule has 1 saturated heterocycles. The molecule has 4 aliphatic carbocycles. The van der Waals surface area contributed by atoms with E-state index in [0.29, 0.717) is 50.5 Å². The lowest BCUT2D eigenvalue weighted by Gasteiger charge is -2.59. The first-order valence-corrected chi connectivity index (χ1v) is 13.1. The molecule has 186 valence electrons. The van der Waals surface area contributed by atoms with Crippen molar-refractivity contribution in [2.24, 2.45) is 34.5 Å². The lowest BCUT2D eigenvalue weighted by atomic mass is 9.50.